The minimum absolute atomic E-state index is 0. The summed E-state index contributed by atoms with van der Waals surface area (Å²) in [5, 5.41) is 0. The van der Waals surface area contributed by atoms with E-state index in [1.807, 2.05) is 12.1 Å². The second kappa shape index (κ2) is 30.4. The Hall–Kier alpha value is 0.733. The minimum Gasteiger partial charge on any atom is -0.682 e. The first-order valence-corrected chi connectivity index (χ1v) is 21.4. The van der Waals surface area contributed by atoms with E-state index in [-0.39, 0.29) is 19.5 Å². The first-order chi connectivity index (χ1) is 19.9. The largest absolute Gasteiger partial charge is 2.00 e. The van der Waals surface area contributed by atoms with Crippen LogP contribution in [0.5, 0.6) is 5.75 Å². The predicted octanol–water partition coefficient (Wildman–Crippen LogP) is 12.5. The van der Waals surface area contributed by atoms with Gasteiger partial charge in [0.1, 0.15) is 0 Å². The molecule has 2 nitrogen and oxygen atoms in total. The van der Waals surface area contributed by atoms with E-state index in [0.29, 0.717) is 5.75 Å². The Labute approximate surface area is 286 Å². The van der Waals surface area contributed by atoms with Crippen molar-refractivity contribution in [3.05, 3.63) is 29.3 Å². The topological polar surface area (TPSA) is 32.3 Å². The van der Waals surface area contributed by atoms with Crippen molar-refractivity contribution in [1.29, 1.82) is 0 Å². The van der Waals surface area contributed by atoms with Crippen LogP contribution in [-0.4, -0.2) is 0 Å². The van der Waals surface area contributed by atoms with Gasteiger partial charge in [-0.1, -0.05) is 174 Å². The van der Waals surface area contributed by atoms with Gasteiger partial charge in [0.25, 0.3) is 0 Å². The molecule has 0 saturated carbocycles. The van der Waals surface area contributed by atoms with Crippen molar-refractivity contribution < 1.29 is 28.9 Å². The molecule has 240 valence electrons. The summed E-state index contributed by atoms with van der Waals surface area (Å²) in [4.78, 5) is 12.0. The average Bonchev–Trinajstić information content (AvgIpc) is 2.93. The molecule has 6 heteroatoms. The van der Waals surface area contributed by atoms with Crippen LogP contribution in [0.25, 0.3) is 0 Å². The molecule has 0 saturated heterocycles. The zero-order valence-electron chi connectivity index (χ0n) is 27.8. The van der Waals surface area contributed by atoms with E-state index in [4.69, 9.17) is 29.0 Å². The molecule has 0 bridgehead atoms. The van der Waals surface area contributed by atoms with Gasteiger partial charge >= 0.3 is 19.5 Å². The van der Waals surface area contributed by atoms with Crippen LogP contribution < -0.4 is 9.42 Å². The Bertz CT molecular complexity index is 666. The molecule has 1 aromatic carbocycles. The van der Waals surface area contributed by atoms with E-state index in [1.165, 1.54) is 178 Å². The maximum Gasteiger partial charge on any atom is 2.00 e. The molecule has 0 aliphatic heterocycles. The summed E-state index contributed by atoms with van der Waals surface area (Å²) in [5.74, 6) is 0.607. The molecule has 0 aromatic heterocycles. The molecule has 0 aliphatic rings. The van der Waals surface area contributed by atoms with Gasteiger partial charge in [0.05, 0.1) is 0 Å². The Morgan fingerprint density at radius 1 is 0.476 bits per heavy atom. The molecule has 0 N–H and O–H groups in total. The van der Waals surface area contributed by atoms with Crippen LogP contribution in [0, 0.1) is 0 Å². The monoisotopic (exact) mass is 688 g/mol. The summed E-state index contributed by atoms with van der Waals surface area (Å²) in [6.07, 6.45) is 34.3. The van der Waals surface area contributed by atoms with Gasteiger partial charge in [-0.05, 0) is 48.9 Å². The Balaban J connectivity index is 0.0000168. The molecule has 0 aliphatic carbocycles. The van der Waals surface area contributed by atoms with Gasteiger partial charge in [-0.25, -0.2) is 0 Å². The van der Waals surface area contributed by atoms with Crippen molar-refractivity contribution in [3.8, 4) is 5.75 Å². The van der Waals surface area contributed by atoms with Gasteiger partial charge in [-0.3, -0.25) is 0 Å². The van der Waals surface area contributed by atoms with Crippen LogP contribution in [0.2, 0.25) is 0 Å². The van der Waals surface area contributed by atoms with Crippen LogP contribution in [-0.2, 0) is 56.8 Å². The normalized spacial score (nSPS) is 11.5. The number of rotatable bonds is 30. The van der Waals surface area contributed by atoms with Gasteiger partial charge in [0, 0.05) is 0 Å². The molecule has 0 heterocycles. The molecule has 0 spiro atoms. The minimum atomic E-state index is -3.38. The second-order valence-electron chi connectivity index (χ2n) is 12.5. The van der Waals surface area contributed by atoms with Crippen molar-refractivity contribution in [2.24, 2.45) is 0 Å². The summed E-state index contributed by atoms with van der Waals surface area (Å²) in [6.45, 7) is 4.57. The summed E-state index contributed by atoms with van der Waals surface area (Å²) >= 11 is 9.79. The quantitative estimate of drug-likeness (QED) is 0.0348. The van der Waals surface area contributed by atoms with Crippen molar-refractivity contribution in [2.75, 3.05) is 0 Å². The van der Waals surface area contributed by atoms with Crippen LogP contribution >= 0.6 is 6.12 Å². The zero-order chi connectivity index (χ0) is 29.9. The average molecular weight is 690 g/mol. The van der Waals surface area contributed by atoms with Crippen LogP contribution in [0.4, 0.5) is 0 Å². The van der Waals surface area contributed by atoms with E-state index in [9.17, 15) is 4.89 Å². The summed E-state index contributed by atoms with van der Waals surface area (Å²) in [5.41, 5.74) is 2.54. The van der Waals surface area contributed by atoms with Gasteiger partial charge in [-0.2, -0.15) is 0 Å². The fourth-order valence-electron chi connectivity index (χ4n) is 5.89. The van der Waals surface area contributed by atoms with Crippen LogP contribution in [0.1, 0.15) is 192 Å². The first-order valence-electron chi connectivity index (χ1n) is 17.8. The third-order valence-corrected chi connectivity index (χ3v) is 9.26. The van der Waals surface area contributed by atoms with Gasteiger partial charge in [-0.15, -0.1) is 6.12 Å². The first kappa shape index (κ1) is 42.7. The van der Waals surface area contributed by atoms with Crippen molar-refractivity contribution in [1.82, 2.24) is 0 Å². The maximum absolute atomic E-state index is 12.0. The van der Waals surface area contributed by atoms with E-state index >= 15 is 0 Å². The third-order valence-electron chi connectivity index (χ3n) is 8.38. The van der Waals surface area contributed by atoms with E-state index in [1.54, 1.807) is 0 Å². The van der Waals surface area contributed by atoms with E-state index < -0.39 is 6.12 Å². The molecule has 0 radical (unpaired) electrons. The number of benzene rings is 1. The van der Waals surface area contributed by atoms with Crippen LogP contribution in [0.15, 0.2) is 18.2 Å². The summed E-state index contributed by atoms with van der Waals surface area (Å²) in [6, 6.07) is 6.35. The number of unbranched alkanes of at least 4 members (excludes halogenated alkanes) is 24. The van der Waals surface area contributed by atoms with Crippen molar-refractivity contribution in [2.45, 2.75) is 194 Å². The molecule has 42 heavy (non-hydrogen) atoms. The molecular formula is C36H65O2PS2Zn. The fraction of sp³-hybridized carbons (Fsp3) is 0.833. The molecule has 0 amide bonds. The van der Waals surface area contributed by atoms with E-state index in [2.05, 4.69) is 19.9 Å². The number of aryl methyl sites for hydroxylation is 2. The smallest absolute Gasteiger partial charge is 0.682 e. The van der Waals surface area contributed by atoms with Gasteiger partial charge in [0.15, 0.2) is 5.75 Å². The summed E-state index contributed by atoms with van der Waals surface area (Å²) in [7, 11) is 0. The zero-order valence-corrected chi connectivity index (χ0v) is 33.3. The number of hydrogen-bond donors (Lipinski definition) is 0. The Morgan fingerprint density at radius 3 is 1.00 bits per heavy atom. The van der Waals surface area contributed by atoms with E-state index in [0.717, 1.165) is 12.8 Å². The Kier molecular flexibility index (Phi) is 30.9. The number of hydrogen-bond acceptors (Lipinski definition) is 4. The molecule has 1 rings (SSSR count). The maximum atomic E-state index is 12.0. The third kappa shape index (κ3) is 28.2. The molecule has 1 aromatic rings. The SMILES string of the molecule is CCCCCCCCCCCCCCCc1cc(CCCCCCCCCCCCCCC)cc(O[P+]([O-])([S-])[S-])c1.[Zn+2]. The fourth-order valence-corrected chi connectivity index (χ4v) is 6.77. The molecule has 0 atom stereocenters. The molecular weight excluding hydrogens is 625 g/mol. The van der Waals surface area contributed by atoms with Gasteiger partial charge < -0.3 is 33.9 Å². The molecule has 0 fully saturated rings. The summed E-state index contributed by atoms with van der Waals surface area (Å²) < 4.78 is 5.51. The predicted molar refractivity (Wildman–Crippen MR) is 188 cm³/mol. The standard InChI is InChI=1S/C36H67O2PS2.Zn/c1-3-5-7-9-11-13-15-17-19-21-23-25-27-29-34-31-35(33-36(32-34)38-39(37,40)41)30-28-26-24-22-20-18-16-14-12-10-8-6-4-2;/h31-33H,3-30H2,1-2H3,(H2,37,40,41);/q;+2/p-2. The van der Waals surface area contributed by atoms with Crippen molar-refractivity contribution >= 4 is 30.6 Å². The Morgan fingerprint density at radius 2 is 0.738 bits per heavy atom. The van der Waals surface area contributed by atoms with Gasteiger partial charge in [0.2, 0.25) is 0 Å². The molecule has 0 unspecified atom stereocenters. The van der Waals surface area contributed by atoms with Crippen molar-refractivity contribution in [3.63, 3.8) is 0 Å². The second-order valence-corrected chi connectivity index (χ2v) is 17.2. The van der Waals surface area contributed by atoms with Crippen LogP contribution in [0.3, 0.4) is 0 Å².